The molecule has 2 heterocycles. The maximum absolute atomic E-state index is 12.1. The van der Waals surface area contributed by atoms with Crippen LogP contribution in [0.2, 0.25) is 0 Å². The molecule has 6 nitrogen and oxygen atoms in total. The topological polar surface area (TPSA) is 94.0 Å². The standard InChI is InChI=1S/C17H18N4O2S/c1-11-4-9-14(23-11)12-5-7-13(8-6-12)16(22)19-10-2-3-15-20-21-17(18)24-15/h4-9H,2-3,10H2,1H3,(H2,18,21)(H,19,22). The van der Waals surface area contributed by atoms with E-state index in [1.807, 2.05) is 31.2 Å². The van der Waals surface area contributed by atoms with Gasteiger partial charge in [0.25, 0.3) is 5.91 Å². The second kappa shape index (κ2) is 7.27. The fraction of sp³-hybridized carbons (Fsp3) is 0.235. The molecular weight excluding hydrogens is 324 g/mol. The van der Waals surface area contributed by atoms with Crippen molar-refractivity contribution in [1.82, 2.24) is 15.5 Å². The van der Waals surface area contributed by atoms with Crippen molar-refractivity contribution in [1.29, 1.82) is 0 Å². The first-order chi connectivity index (χ1) is 11.6. The van der Waals surface area contributed by atoms with Crippen LogP contribution in [0.25, 0.3) is 11.3 Å². The van der Waals surface area contributed by atoms with Gasteiger partial charge in [0.05, 0.1) is 0 Å². The number of nitrogens with zero attached hydrogens (tertiary/aromatic N) is 2. The summed E-state index contributed by atoms with van der Waals surface area (Å²) in [5.74, 6) is 1.58. The van der Waals surface area contributed by atoms with Crippen LogP contribution in [0.3, 0.4) is 0 Å². The molecule has 0 aliphatic heterocycles. The summed E-state index contributed by atoms with van der Waals surface area (Å²) in [4.78, 5) is 12.1. The van der Waals surface area contributed by atoms with E-state index in [1.165, 1.54) is 11.3 Å². The number of nitrogens with two attached hydrogens (primary N) is 1. The Morgan fingerprint density at radius 2 is 2.00 bits per heavy atom. The number of hydrogen-bond donors (Lipinski definition) is 2. The number of aromatic nitrogens is 2. The number of rotatable bonds is 6. The van der Waals surface area contributed by atoms with Gasteiger partial charge in [0.1, 0.15) is 16.5 Å². The number of hydrogen-bond acceptors (Lipinski definition) is 6. The molecule has 0 spiro atoms. The third-order valence-electron chi connectivity index (χ3n) is 3.51. The summed E-state index contributed by atoms with van der Waals surface area (Å²) in [6.45, 7) is 2.48. The quantitative estimate of drug-likeness (QED) is 0.672. The largest absolute Gasteiger partial charge is 0.461 e. The van der Waals surface area contributed by atoms with Gasteiger partial charge in [-0.3, -0.25) is 4.79 Å². The van der Waals surface area contributed by atoms with Crippen LogP contribution < -0.4 is 11.1 Å². The Hall–Kier alpha value is -2.67. The lowest BCUT2D eigenvalue weighted by molar-refractivity contribution is 0.0953. The van der Waals surface area contributed by atoms with Crippen LogP contribution in [0.4, 0.5) is 5.13 Å². The van der Waals surface area contributed by atoms with Crippen LogP contribution >= 0.6 is 11.3 Å². The Labute approximate surface area is 143 Å². The van der Waals surface area contributed by atoms with Crippen molar-refractivity contribution in [3.05, 3.63) is 52.7 Å². The summed E-state index contributed by atoms with van der Waals surface area (Å²) in [6.07, 6.45) is 1.55. The molecule has 0 saturated carbocycles. The first-order valence-electron chi connectivity index (χ1n) is 7.65. The van der Waals surface area contributed by atoms with Crippen LogP contribution in [0.5, 0.6) is 0 Å². The fourth-order valence-electron chi connectivity index (χ4n) is 2.29. The molecule has 3 N–H and O–H groups in total. The summed E-state index contributed by atoms with van der Waals surface area (Å²) in [7, 11) is 0. The molecule has 0 bridgehead atoms. The number of anilines is 1. The highest BCUT2D eigenvalue weighted by atomic mass is 32.1. The van der Waals surface area contributed by atoms with Gasteiger partial charge in [-0.2, -0.15) is 0 Å². The lowest BCUT2D eigenvalue weighted by Gasteiger charge is -2.05. The molecule has 124 valence electrons. The highest BCUT2D eigenvalue weighted by molar-refractivity contribution is 7.15. The van der Waals surface area contributed by atoms with Crippen molar-refractivity contribution in [2.75, 3.05) is 12.3 Å². The summed E-state index contributed by atoms with van der Waals surface area (Å²) in [6, 6.07) is 11.2. The molecule has 0 fully saturated rings. The second-order valence-corrected chi connectivity index (χ2v) is 6.47. The molecule has 1 aromatic carbocycles. The minimum absolute atomic E-state index is 0.0889. The Kier molecular flexibility index (Phi) is 4.90. The average molecular weight is 342 g/mol. The van der Waals surface area contributed by atoms with Crippen LogP contribution in [-0.2, 0) is 6.42 Å². The molecular formula is C17H18N4O2S. The SMILES string of the molecule is Cc1ccc(-c2ccc(C(=O)NCCCc3nnc(N)s3)cc2)o1. The van der Waals surface area contributed by atoms with Gasteiger partial charge in [-0.1, -0.05) is 23.5 Å². The number of nitrogen functional groups attached to an aromatic ring is 1. The van der Waals surface area contributed by atoms with E-state index in [0.29, 0.717) is 17.2 Å². The van der Waals surface area contributed by atoms with E-state index < -0.39 is 0 Å². The number of furan rings is 1. The first-order valence-corrected chi connectivity index (χ1v) is 8.46. The number of carbonyl (C=O) groups excluding carboxylic acids is 1. The molecule has 0 saturated heterocycles. The summed E-state index contributed by atoms with van der Waals surface area (Å²) < 4.78 is 5.57. The Bertz CT molecular complexity index is 823. The van der Waals surface area contributed by atoms with Crippen molar-refractivity contribution in [2.24, 2.45) is 0 Å². The molecule has 0 aliphatic carbocycles. The second-order valence-electron chi connectivity index (χ2n) is 5.38. The molecule has 0 aliphatic rings. The lowest BCUT2D eigenvalue weighted by atomic mass is 10.1. The van der Waals surface area contributed by atoms with Gasteiger partial charge in [-0.05, 0) is 37.6 Å². The van der Waals surface area contributed by atoms with E-state index >= 15 is 0 Å². The number of aryl methyl sites for hydroxylation is 2. The monoisotopic (exact) mass is 342 g/mol. The molecule has 0 atom stereocenters. The molecule has 3 rings (SSSR count). The predicted octanol–water partition coefficient (Wildman–Crippen LogP) is 3.05. The van der Waals surface area contributed by atoms with Crippen LogP contribution in [-0.4, -0.2) is 22.6 Å². The van der Waals surface area contributed by atoms with Crippen LogP contribution in [0, 0.1) is 6.92 Å². The van der Waals surface area contributed by atoms with E-state index in [4.69, 9.17) is 10.2 Å². The highest BCUT2D eigenvalue weighted by Crippen LogP contribution is 2.22. The smallest absolute Gasteiger partial charge is 0.251 e. The highest BCUT2D eigenvalue weighted by Gasteiger charge is 2.07. The zero-order chi connectivity index (χ0) is 16.9. The fourth-order valence-corrected chi connectivity index (χ4v) is 2.94. The maximum atomic E-state index is 12.1. The van der Waals surface area contributed by atoms with Gasteiger partial charge in [-0.15, -0.1) is 10.2 Å². The minimum Gasteiger partial charge on any atom is -0.461 e. The van der Waals surface area contributed by atoms with Gasteiger partial charge in [0.15, 0.2) is 0 Å². The molecule has 7 heteroatoms. The zero-order valence-corrected chi connectivity index (χ0v) is 14.1. The van der Waals surface area contributed by atoms with Crippen molar-refractivity contribution >= 4 is 22.4 Å². The van der Waals surface area contributed by atoms with E-state index in [0.717, 1.165) is 34.9 Å². The number of carbonyl (C=O) groups is 1. The summed E-state index contributed by atoms with van der Waals surface area (Å²) in [5, 5.41) is 12.0. The predicted molar refractivity (Wildman–Crippen MR) is 93.9 cm³/mol. The lowest BCUT2D eigenvalue weighted by Crippen LogP contribution is -2.24. The maximum Gasteiger partial charge on any atom is 0.251 e. The van der Waals surface area contributed by atoms with E-state index in [-0.39, 0.29) is 5.91 Å². The van der Waals surface area contributed by atoms with E-state index in [9.17, 15) is 4.79 Å². The van der Waals surface area contributed by atoms with E-state index in [1.54, 1.807) is 12.1 Å². The molecule has 24 heavy (non-hydrogen) atoms. The molecule has 2 aromatic heterocycles. The molecule has 3 aromatic rings. The number of benzene rings is 1. The normalized spacial score (nSPS) is 10.7. The van der Waals surface area contributed by atoms with Crippen molar-refractivity contribution in [2.45, 2.75) is 19.8 Å². The van der Waals surface area contributed by atoms with Crippen LogP contribution in [0.15, 0.2) is 40.8 Å². The van der Waals surface area contributed by atoms with E-state index in [2.05, 4.69) is 15.5 Å². The summed E-state index contributed by atoms with van der Waals surface area (Å²) >= 11 is 1.38. The Morgan fingerprint density at radius 1 is 1.21 bits per heavy atom. The average Bonchev–Trinajstić information content (AvgIpc) is 3.20. The first kappa shape index (κ1) is 16.2. The van der Waals surface area contributed by atoms with Gasteiger partial charge in [0.2, 0.25) is 5.13 Å². The molecule has 0 radical (unpaired) electrons. The van der Waals surface area contributed by atoms with Crippen molar-refractivity contribution in [3.8, 4) is 11.3 Å². The van der Waals surface area contributed by atoms with Gasteiger partial charge in [0, 0.05) is 24.1 Å². The van der Waals surface area contributed by atoms with Gasteiger partial charge < -0.3 is 15.5 Å². The molecule has 0 unspecified atom stereocenters. The van der Waals surface area contributed by atoms with Crippen molar-refractivity contribution < 1.29 is 9.21 Å². The van der Waals surface area contributed by atoms with Crippen molar-refractivity contribution in [3.63, 3.8) is 0 Å². The van der Waals surface area contributed by atoms with Gasteiger partial charge >= 0.3 is 0 Å². The Balaban J connectivity index is 1.49. The van der Waals surface area contributed by atoms with Gasteiger partial charge in [-0.25, -0.2) is 0 Å². The Morgan fingerprint density at radius 3 is 2.62 bits per heavy atom. The minimum atomic E-state index is -0.0889. The summed E-state index contributed by atoms with van der Waals surface area (Å²) in [5.41, 5.74) is 7.11. The number of amides is 1. The third-order valence-corrected chi connectivity index (χ3v) is 4.32. The zero-order valence-electron chi connectivity index (χ0n) is 13.3. The third kappa shape index (κ3) is 3.99. The van der Waals surface area contributed by atoms with Crippen LogP contribution in [0.1, 0.15) is 27.5 Å². The molecule has 1 amide bonds. The number of nitrogens with one attached hydrogen (secondary N) is 1.